The van der Waals surface area contributed by atoms with Crippen molar-refractivity contribution in [2.24, 2.45) is 0 Å². The van der Waals surface area contributed by atoms with Crippen LogP contribution < -0.4 is 0 Å². The molecule has 0 amide bonds. The van der Waals surface area contributed by atoms with Gasteiger partial charge < -0.3 is 0 Å². The first-order valence-electron chi connectivity index (χ1n) is 4.56. The monoisotopic (exact) mass is 192 g/mol. The molecule has 0 saturated heterocycles. The lowest BCUT2D eigenvalue weighted by Crippen LogP contribution is -1.83. The van der Waals surface area contributed by atoms with Gasteiger partial charge in [-0.3, -0.25) is 0 Å². The number of thioether (sulfide) groups is 1. The minimum atomic E-state index is 1.12. The van der Waals surface area contributed by atoms with Crippen molar-refractivity contribution >= 4 is 11.8 Å². The van der Waals surface area contributed by atoms with Gasteiger partial charge in [0.05, 0.1) is 0 Å². The number of benzene rings is 1. The fraction of sp³-hybridized carbons (Fsp3) is 0.333. The molecule has 0 saturated carbocycles. The predicted octanol–water partition coefficient (Wildman–Crippen LogP) is 3.89. The Morgan fingerprint density at radius 3 is 2.62 bits per heavy atom. The summed E-state index contributed by atoms with van der Waals surface area (Å²) in [5, 5.41) is 0. The minimum absolute atomic E-state index is 1.12. The third kappa shape index (κ3) is 4.18. The number of hydrogen-bond acceptors (Lipinski definition) is 1. The van der Waals surface area contributed by atoms with Crippen LogP contribution in [0.4, 0.5) is 0 Å². The first kappa shape index (κ1) is 10.4. The summed E-state index contributed by atoms with van der Waals surface area (Å²) in [6.45, 7) is 4.27. The molecule has 0 atom stereocenters. The summed E-state index contributed by atoms with van der Waals surface area (Å²) >= 11 is 1.97. The number of rotatable bonds is 4. The van der Waals surface area contributed by atoms with Crippen LogP contribution in [0.25, 0.3) is 0 Å². The Balaban J connectivity index is 2.28. The van der Waals surface area contributed by atoms with Crippen molar-refractivity contribution in [2.75, 3.05) is 5.75 Å². The van der Waals surface area contributed by atoms with Crippen molar-refractivity contribution in [2.45, 2.75) is 19.6 Å². The third-order valence-electron chi connectivity index (χ3n) is 1.93. The first-order chi connectivity index (χ1) is 6.33. The van der Waals surface area contributed by atoms with Crippen molar-refractivity contribution in [1.82, 2.24) is 0 Å². The van der Waals surface area contributed by atoms with Crippen molar-refractivity contribution < 1.29 is 0 Å². The SMILES string of the molecule is CC=C(C)CSCc1ccccc1. The van der Waals surface area contributed by atoms with Crippen LogP contribution in [0, 0.1) is 0 Å². The van der Waals surface area contributed by atoms with Gasteiger partial charge in [0.25, 0.3) is 0 Å². The van der Waals surface area contributed by atoms with E-state index in [0.717, 1.165) is 11.5 Å². The van der Waals surface area contributed by atoms with E-state index in [1.54, 1.807) is 0 Å². The summed E-state index contributed by atoms with van der Waals surface area (Å²) in [5.74, 6) is 2.26. The Kier molecular flexibility index (Phi) is 4.69. The second-order valence-electron chi connectivity index (χ2n) is 3.11. The molecule has 1 heteroatoms. The van der Waals surface area contributed by atoms with Crippen molar-refractivity contribution in [3.05, 3.63) is 47.5 Å². The van der Waals surface area contributed by atoms with E-state index in [1.807, 2.05) is 11.8 Å². The van der Waals surface area contributed by atoms with E-state index < -0.39 is 0 Å². The van der Waals surface area contributed by atoms with Gasteiger partial charge in [-0.05, 0) is 19.4 Å². The van der Waals surface area contributed by atoms with Gasteiger partial charge >= 0.3 is 0 Å². The van der Waals surface area contributed by atoms with E-state index in [4.69, 9.17) is 0 Å². The molecule has 0 aliphatic rings. The largest absolute Gasteiger partial charge is 0.153 e. The average Bonchev–Trinajstić information content (AvgIpc) is 2.19. The van der Waals surface area contributed by atoms with Crippen LogP contribution in [0.3, 0.4) is 0 Å². The number of allylic oxidation sites excluding steroid dienone is 1. The van der Waals surface area contributed by atoms with Crippen LogP contribution in [0.1, 0.15) is 19.4 Å². The van der Waals surface area contributed by atoms with E-state index in [2.05, 4.69) is 50.3 Å². The van der Waals surface area contributed by atoms with Gasteiger partial charge in [0.15, 0.2) is 0 Å². The van der Waals surface area contributed by atoms with E-state index in [-0.39, 0.29) is 0 Å². The Bertz CT molecular complexity index is 262. The molecular formula is C12H16S. The average molecular weight is 192 g/mol. The zero-order valence-electron chi connectivity index (χ0n) is 8.29. The van der Waals surface area contributed by atoms with Gasteiger partial charge in [-0.2, -0.15) is 11.8 Å². The fourth-order valence-electron chi connectivity index (χ4n) is 0.987. The lowest BCUT2D eigenvalue weighted by Gasteiger charge is -2.01. The topological polar surface area (TPSA) is 0 Å². The Hall–Kier alpha value is -0.690. The molecule has 0 N–H and O–H groups in total. The van der Waals surface area contributed by atoms with Crippen LogP contribution in [-0.4, -0.2) is 5.75 Å². The number of hydrogen-bond donors (Lipinski definition) is 0. The zero-order valence-corrected chi connectivity index (χ0v) is 9.10. The molecule has 0 aliphatic heterocycles. The van der Waals surface area contributed by atoms with Gasteiger partial charge in [-0.1, -0.05) is 42.0 Å². The Morgan fingerprint density at radius 2 is 2.00 bits per heavy atom. The van der Waals surface area contributed by atoms with E-state index >= 15 is 0 Å². The predicted molar refractivity (Wildman–Crippen MR) is 62.0 cm³/mol. The summed E-state index contributed by atoms with van der Waals surface area (Å²) in [7, 11) is 0. The molecule has 0 aromatic heterocycles. The summed E-state index contributed by atoms with van der Waals surface area (Å²) in [4.78, 5) is 0. The maximum Gasteiger partial charge on any atom is 0.0187 e. The van der Waals surface area contributed by atoms with Gasteiger partial charge in [-0.25, -0.2) is 0 Å². The van der Waals surface area contributed by atoms with Gasteiger partial charge in [0.1, 0.15) is 0 Å². The van der Waals surface area contributed by atoms with Crippen LogP contribution in [0.5, 0.6) is 0 Å². The van der Waals surface area contributed by atoms with Crippen molar-refractivity contribution in [3.63, 3.8) is 0 Å². The highest BCUT2D eigenvalue weighted by Crippen LogP contribution is 2.14. The second kappa shape index (κ2) is 5.87. The van der Waals surface area contributed by atoms with Crippen molar-refractivity contribution in [1.29, 1.82) is 0 Å². The molecule has 0 spiro atoms. The molecule has 13 heavy (non-hydrogen) atoms. The molecule has 1 rings (SSSR count). The smallest absolute Gasteiger partial charge is 0.0187 e. The molecule has 0 aliphatic carbocycles. The quantitative estimate of drug-likeness (QED) is 0.652. The maximum atomic E-state index is 2.18. The van der Waals surface area contributed by atoms with Crippen molar-refractivity contribution in [3.8, 4) is 0 Å². The van der Waals surface area contributed by atoms with Crippen LogP contribution in [0.2, 0.25) is 0 Å². The third-order valence-corrected chi connectivity index (χ3v) is 3.13. The van der Waals surface area contributed by atoms with Gasteiger partial charge in [0.2, 0.25) is 0 Å². The molecule has 0 nitrogen and oxygen atoms in total. The van der Waals surface area contributed by atoms with Crippen LogP contribution >= 0.6 is 11.8 Å². The molecule has 0 unspecified atom stereocenters. The molecule has 70 valence electrons. The normalized spacial score (nSPS) is 11.7. The first-order valence-corrected chi connectivity index (χ1v) is 5.72. The molecule has 0 heterocycles. The summed E-state index contributed by atoms with van der Waals surface area (Å²) in [6, 6.07) is 10.6. The Morgan fingerprint density at radius 1 is 1.31 bits per heavy atom. The van der Waals surface area contributed by atoms with Gasteiger partial charge in [0, 0.05) is 11.5 Å². The Labute approximate surface area is 85.1 Å². The second-order valence-corrected chi connectivity index (χ2v) is 4.10. The fourth-order valence-corrected chi connectivity index (χ4v) is 2.01. The van der Waals surface area contributed by atoms with E-state index in [0.29, 0.717) is 0 Å². The van der Waals surface area contributed by atoms with Crippen LogP contribution in [-0.2, 0) is 5.75 Å². The summed E-state index contributed by atoms with van der Waals surface area (Å²) in [5.41, 5.74) is 2.87. The van der Waals surface area contributed by atoms with Gasteiger partial charge in [-0.15, -0.1) is 0 Å². The van der Waals surface area contributed by atoms with E-state index in [9.17, 15) is 0 Å². The lowest BCUT2D eigenvalue weighted by atomic mass is 10.2. The molecule has 1 aromatic rings. The molecule has 0 radical (unpaired) electrons. The zero-order chi connectivity index (χ0) is 9.52. The highest BCUT2D eigenvalue weighted by atomic mass is 32.2. The molecule has 0 bridgehead atoms. The minimum Gasteiger partial charge on any atom is -0.153 e. The summed E-state index contributed by atoms with van der Waals surface area (Å²) < 4.78 is 0. The molecule has 0 fully saturated rings. The standard InChI is InChI=1S/C12H16S/c1-3-11(2)9-13-10-12-7-5-4-6-8-12/h3-8H,9-10H2,1-2H3. The van der Waals surface area contributed by atoms with E-state index in [1.165, 1.54) is 11.1 Å². The molecule has 1 aromatic carbocycles. The highest BCUT2D eigenvalue weighted by molar-refractivity contribution is 7.98. The molecular weight excluding hydrogens is 176 g/mol. The lowest BCUT2D eigenvalue weighted by molar-refractivity contribution is 1.35. The van der Waals surface area contributed by atoms with Crippen LogP contribution in [0.15, 0.2) is 42.0 Å². The maximum absolute atomic E-state index is 2.18. The summed E-state index contributed by atoms with van der Waals surface area (Å²) in [6.07, 6.45) is 2.18. The highest BCUT2D eigenvalue weighted by Gasteiger charge is 1.92.